The Morgan fingerprint density at radius 1 is 1.24 bits per heavy atom. The number of para-hydroxylation sites is 1. The van der Waals surface area contributed by atoms with Gasteiger partial charge in [0.05, 0.1) is 17.1 Å². The van der Waals surface area contributed by atoms with Gasteiger partial charge in [-0.25, -0.2) is 4.98 Å². The van der Waals surface area contributed by atoms with Crippen LogP contribution in [0, 0.1) is 0 Å². The van der Waals surface area contributed by atoms with Crippen LogP contribution in [0.4, 0.5) is 0 Å². The minimum absolute atomic E-state index is 0.0783. The van der Waals surface area contributed by atoms with Crippen molar-refractivity contribution >= 4 is 15.9 Å². The van der Waals surface area contributed by atoms with E-state index in [2.05, 4.69) is 20.9 Å². The average Bonchev–Trinajstić information content (AvgIpc) is 2.46. The molecule has 0 radical (unpaired) electrons. The zero-order valence-corrected chi connectivity index (χ0v) is 13.8. The molecule has 2 N–H and O–H groups in total. The molecule has 1 aromatic carbocycles. The van der Waals surface area contributed by atoms with E-state index in [4.69, 9.17) is 15.2 Å². The number of ether oxygens (including phenoxy) is 2. The van der Waals surface area contributed by atoms with E-state index in [1.807, 2.05) is 37.3 Å². The zero-order chi connectivity index (χ0) is 15.2. The lowest BCUT2D eigenvalue weighted by Crippen LogP contribution is -2.18. The van der Waals surface area contributed by atoms with E-state index in [1.165, 1.54) is 0 Å². The number of pyridine rings is 1. The summed E-state index contributed by atoms with van der Waals surface area (Å²) >= 11 is 3.53. The highest BCUT2D eigenvalue weighted by atomic mass is 79.9. The Bertz CT molecular complexity index is 603. The Morgan fingerprint density at radius 3 is 2.71 bits per heavy atom. The Morgan fingerprint density at radius 2 is 2.00 bits per heavy atom. The molecule has 0 fully saturated rings. The van der Waals surface area contributed by atoms with Gasteiger partial charge in [0.15, 0.2) is 0 Å². The summed E-state index contributed by atoms with van der Waals surface area (Å²) in [6.07, 6.45) is 2.46. The van der Waals surface area contributed by atoms with Crippen molar-refractivity contribution in [1.29, 1.82) is 0 Å². The predicted octanol–water partition coefficient (Wildman–Crippen LogP) is 3.32. The number of hydrogen-bond donors (Lipinski definition) is 1. The first kappa shape index (κ1) is 15.8. The number of halogens is 1. The summed E-state index contributed by atoms with van der Waals surface area (Å²) in [4.78, 5) is 4.17. The van der Waals surface area contributed by atoms with Crippen LogP contribution in [0.1, 0.15) is 18.1 Å². The Hall–Kier alpha value is -1.59. The highest BCUT2D eigenvalue weighted by Crippen LogP contribution is 2.31. The topological polar surface area (TPSA) is 57.4 Å². The van der Waals surface area contributed by atoms with E-state index in [9.17, 15) is 0 Å². The molecule has 0 spiro atoms. The molecule has 4 nitrogen and oxygen atoms in total. The van der Waals surface area contributed by atoms with E-state index in [1.54, 1.807) is 13.3 Å². The summed E-state index contributed by atoms with van der Waals surface area (Å²) in [6, 6.07) is 9.86. The number of hydrogen-bond acceptors (Lipinski definition) is 4. The Labute approximate surface area is 133 Å². The molecule has 1 heterocycles. The molecule has 2 aromatic rings. The second kappa shape index (κ2) is 7.43. The van der Waals surface area contributed by atoms with Gasteiger partial charge in [-0.15, -0.1) is 0 Å². The molecule has 0 bridgehead atoms. The molecule has 1 unspecified atom stereocenters. The number of nitrogens with zero attached hydrogens (tertiary/aromatic N) is 1. The third-order valence-corrected chi connectivity index (χ3v) is 3.63. The smallest absolute Gasteiger partial charge is 0.219 e. The third kappa shape index (κ3) is 4.19. The van der Waals surface area contributed by atoms with Crippen molar-refractivity contribution in [3.8, 4) is 11.6 Å². The summed E-state index contributed by atoms with van der Waals surface area (Å²) in [5.41, 5.74) is 7.89. The summed E-state index contributed by atoms with van der Waals surface area (Å²) in [7, 11) is 1.60. The standard InChI is InChI=1S/C16H19BrN2O2/c1-11(18)9-12-5-3-7-14(17)15(12)21-10-13-6-4-8-19-16(13)20-2/h3-8,11H,9-10,18H2,1-2H3. The molecule has 0 aliphatic carbocycles. The van der Waals surface area contributed by atoms with Crippen LogP contribution in [0.15, 0.2) is 41.0 Å². The first-order valence-corrected chi connectivity index (χ1v) is 7.54. The SMILES string of the molecule is COc1ncccc1COc1c(Br)cccc1CC(C)N. The zero-order valence-electron chi connectivity index (χ0n) is 12.2. The van der Waals surface area contributed by atoms with Gasteiger partial charge in [-0.1, -0.05) is 12.1 Å². The van der Waals surface area contributed by atoms with Gasteiger partial charge < -0.3 is 15.2 Å². The molecule has 21 heavy (non-hydrogen) atoms. The van der Waals surface area contributed by atoms with E-state index in [0.717, 1.165) is 27.8 Å². The van der Waals surface area contributed by atoms with Gasteiger partial charge >= 0.3 is 0 Å². The van der Waals surface area contributed by atoms with Crippen LogP contribution in [0.5, 0.6) is 11.6 Å². The number of rotatable bonds is 6. The number of benzene rings is 1. The lowest BCUT2D eigenvalue weighted by Gasteiger charge is -2.15. The fourth-order valence-corrected chi connectivity index (χ4v) is 2.61. The van der Waals surface area contributed by atoms with E-state index < -0.39 is 0 Å². The number of nitrogens with two attached hydrogens (primary N) is 1. The molecule has 0 aliphatic rings. The molecule has 0 saturated carbocycles. The first-order chi connectivity index (χ1) is 10.1. The Kier molecular flexibility index (Phi) is 5.59. The molecular weight excluding hydrogens is 332 g/mol. The lowest BCUT2D eigenvalue weighted by molar-refractivity contribution is 0.289. The van der Waals surface area contributed by atoms with Gasteiger partial charge in [0, 0.05) is 12.2 Å². The fourth-order valence-electron chi connectivity index (χ4n) is 2.09. The predicted molar refractivity (Wildman–Crippen MR) is 86.6 cm³/mol. The van der Waals surface area contributed by atoms with Crippen LogP contribution in [-0.4, -0.2) is 18.1 Å². The maximum absolute atomic E-state index is 5.97. The van der Waals surface area contributed by atoms with Gasteiger partial charge in [0.2, 0.25) is 5.88 Å². The van der Waals surface area contributed by atoms with Crippen molar-refractivity contribution in [2.24, 2.45) is 5.73 Å². The molecule has 5 heteroatoms. The van der Waals surface area contributed by atoms with Crippen LogP contribution in [-0.2, 0) is 13.0 Å². The second-order valence-electron chi connectivity index (χ2n) is 4.87. The molecule has 112 valence electrons. The normalized spacial score (nSPS) is 12.0. The van der Waals surface area contributed by atoms with E-state index in [0.29, 0.717) is 12.5 Å². The van der Waals surface area contributed by atoms with Crippen LogP contribution < -0.4 is 15.2 Å². The molecule has 2 rings (SSSR count). The van der Waals surface area contributed by atoms with Gasteiger partial charge in [-0.3, -0.25) is 0 Å². The summed E-state index contributed by atoms with van der Waals surface area (Å²) in [6.45, 7) is 2.38. The average molecular weight is 351 g/mol. The molecule has 1 atom stereocenters. The second-order valence-corrected chi connectivity index (χ2v) is 5.72. The quantitative estimate of drug-likeness (QED) is 0.867. The third-order valence-electron chi connectivity index (χ3n) is 3.01. The van der Waals surface area contributed by atoms with E-state index in [-0.39, 0.29) is 6.04 Å². The number of methoxy groups -OCH3 is 1. The maximum Gasteiger partial charge on any atom is 0.219 e. The first-order valence-electron chi connectivity index (χ1n) is 6.75. The van der Waals surface area contributed by atoms with Crippen LogP contribution in [0.25, 0.3) is 0 Å². The van der Waals surface area contributed by atoms with Gasteiger partial charge in [-0.2, -0.15) is 0 Å². The van der Waals surface area contributed by atoms with Crippen molar-refractivity contribution in [2.45, 2.75) is 26.0 Å². The molecule has 0 amide bonds. The molecule has 0 saturated heterocycles. The molecule has 0 aliphatic heterocycles. The van der Waals surface area contributed by atoms with Crippen LogP contribution in [0.2, 0.25) is 0 Å². The van der Waals surface area contributed by atoms with Crippen molar-refractivity contribution in [1.82, 2.24) is 4.98 Å². The Balaban J connectivity index is 2.19. The van der Waals surface area contributed by atoms with Crippen LogP contribution >= 0.6 is 15.9 Å². The van der Waals surface area contributed by atoms with Crippen molar-refractivity contribution in [3.05, 3.63) is 52.1 Å². The number of aromatic nitrogens is 1. The van der Waals surface area contributed by atoms with Crippen molar-refractivity contribution in [2.75, 3.05) is 7.11 Å². The summed E-state index contributed by atoms with van der Waals surface area (Å²) < 4.78 is 12.1. The van der Waals surface area contributed by atoms with Crippen LogP contribution in [0.3, 0.4) is 0 Å². The van der Waals surface area contributed by atoms with E-state index >= 15 is 0 Å². The van der Waals surface area contributed by atoms with Crippen molar-refractivity contribution < 1.29 is 9.47 Å². The highest BCUT2D eigenvalue weighted by molar-refractivity contribution is 9.10. The van der Waals surface area contributed by atoms with Gasteiger partial charge in [0.1, 0.15) is 12.4 Å². The molecule has 1 aromatic heterocycles. The highest BCUT2D eigenvalue weighted by Gasteiger charge is 2.11. The minimum Gasteiger partial charge on any atom is -0.487 e. The molecular formula is C16H19BrN2O2. The fraction of sp³-hybridized carbons (Fsp3) is 0.312. The van der Waals surface area contributed by atoms with Gasteiger partial charge in [-0.05, 0) is 53.0 Å². The largest absolute Gasteiger partial charge is 0.487 e. The van der Waals surface area contributed by atoms with Gasteiger partial charge in [0.25, 0.3) is 0 Å². The minimum atomic E-state index is 0.0783. The lowest BCUT2D eigenvalue weighted by atomic mass is 10.1. The summed E-state index contributed by atoms with van der Waals surface area (Å²) in [5, 5.41) is 0. The maximum atomic E-state index is 5.97. The van der Waals surface area contributed by atoms with Crippen molar-refractivity contribution in [3.63, 3.8) is 0 Å². The monoisotopic (exact) mass is 350 g/mol. The summed E-state index contributed by atoms with van der Waals surface area (Å²) in [5.74, 6) is 1.40.